The number of rotatable bonds is 7. The molecule has 2 rings (SSSR count). The lowest BCUT2D eigenvalue weighted by molar-refractivity contribution is -0.385. The van der Waals surface area contributed by atoms with Gasteiger partial charge < -0.3 is 5.32 Å². The molecule has 0 atom stereocenters. The zero-order chi connectivity index (χ0) is 17.5. The highest BCUT2D eigenvalue weighted by Gasteiger charge is 2.14. The second kappa shape index (κ2) is 8.49. The van der Waals surface area contributed by atoms with E-state index in [-0.39, 0.29) is 11.6 Å². The number of nitrogens with zero attached hydrogens (tertiary/aromatic N) is 1. The Bertz CT molecular complexity index is 747. The first-order valence-electron chi connectivity index (χ1n) is 7.64. The Morgan fingerprint density at radius 3 is 2.62 bits per heavy atom. The van der Waals surface area contributed by atoms with Gasteiger partial charge in [-0.2, -0.15) is 11.8 Å². The molecule has 0 heterocycles. The van der Waals surface area contributed by atoms with Gasteiger partial charge in [-0.05, 0) is 31.0 Å². The Kier molecular flexibility index (Phi) is 6.37. The van der Waals surface area contributed by atoms with Crippen LogP contribution in [0, 0.1) is 24.0 Å². The third kappa shape index (κ3) is 4.83. The molecule has 2 aromatic carbocycles. The summed E-state index contributed by atoms with van der Waals surface area (Å²) in [5.74, 6) is 1.40. The van der Waals surface area contributed by atoms with Crippen LogP contribution >= 0.6 is 11.8 Å². The predicted octanol–water partition coefficient (Wildman–Crippen LogP) is 3.87. The van der Waals surface area contributed by atoms with Gasteiger partial charge in [0.1, 0.15) is 0 Å². The number of aryl methyl sites for hydroxylation is 2. The van der Waals surface area contributed by atoms with E-state index in [0.29, 0.717) is 17.7 Å². The zero-order valence-corrected chi connectivity index (χ0v) is 14.6. The van der Waals surface area contributed by atoms with Crippen LogP contribution in [0.15, 0.2) is 42.5 Å². The van der Waals surface area contributed by atoms with Gasteiger partial charge in [0.15, 0.2) is 0 Å². The SMILES string of the molecule is Cc1ccccc1CSCCNC(=O)c1ccc(C)c([N+](=O)[O-])c1. The maximum absolute atomic E-state index is 12.1. The molecule has 0 aliphatic heterocycles. The summed E-state index contributed by atoms with van der Waals surface area (Å²) < 4.78 is 0. The molecule has 24 heavy (non-hydrogen) atoms. The molecule has 0 bridgehead atoms. The largest absolute Gasteiger partial charge is 0.351 e. The molecule has 0 aliphatic carbocycles. The number of amides is 1. The van der Waals surface area contributed by atoms with E-state index in [1.807, 2.05) is 12.1 Å². The summed E-state index contributed by atoms with van der Waals surface area (Å²) in [6.07, 6.45) is 0. The van der Waals surface area contributed by atoms with Gasteiger partial charge in [-0.15, -0.1) is 0 Å². The molecule has 2 aromatic rings. The standard InChI is InChI=1S/C18H20N2O3S/c1-13-5-3-4-6-16(13)12-24-10-9-19-18(21)15-8-7-14(2)17(11-15)20(22)23/h3-8,11H,9-10,12H2,1-2H3,(H,19,21). The third-order valence-corrected chi connectivity index (χ3v) is 4.73. The van der Waals surface area contributed by atoms with Crippen molar-refractivity contribution in [1.82, 2.24) is 5.32 Å². The molecule has 6 heteroatoms. The van der Waals surface area contributed by atoms with E-state index < -0.39 is 4.92 Å². The van der Waals surface area contributed by atoms with Crippen LogP contribution in [0.4, 0.5) is 5.69 Å². The molecule has 1 N–H and O–H groups in total. The Hall–Kier alpha value is -2.34. The Labute approximate surface area is 145 Å². The van der Waals surface area contributed by atoms with Crippen molar-refractivity contribution < 1.29 is 9.72 Å². The van der Waals surface area contributed by atoms with Crippen LogP contribution in [0.3, 0.4) is 0 Å². The van der Waals surface area contributed by atoms with Crippen molar-refractivity contribution in [2.45, 2.75) is 19.6 Å². The summed E-state index contributed by atoms with van der Waals surface area (Å²) in [7, 11) is 0. The molecule has 0 fully saturated rings. The van der Waals surface area contributed by atoms with E-state index in [9.17, 15) is 14.9 Å². The Balaban J connectivity index is 1.80. The lowest BCUT2D eigenvalue weighted by Gasteiger charge is -2.07. The molecule has 0 aliphatic rings. The summed E-state index contributed by atoms with van der Waals surface area (Å²) in [5, 5.41) is 13.7. The highest BCUT2D eigenvalue weighted by Crippen LogP contribution is 2.19. The number of thioether (sulfide) groups is 1. The number of hydrogen-bond donors (Lipinski definition) is 1. The van der Waals surface area contributed by atoms with Gasteiger partial charge in [-0.25, -0.2) is 0 Å². The van der Waals surface area contributed by atoms with Gasteiger partial charge in [0.2, 0.25) is 0 Å². The molecule has 0 radical (unpaired) electrons. The first kappa shape index (κ1) is 18.0. The smallest absolute Gasteiger partial charge is 0.273 e. The maximum Gasteiger partial charge on any atom is 0.273 e. The van der Waals surface area contributed by atoms with Gasteiger partial charge in [-0.1, -0.05) is 30.3 Å². The average Bonchev–Trinajstić information content (AvgIpc) is 2.56. The van der Waals surface area contributed by atoms with Crippen molar-refractivity contribution in [3.63, 3.8) is 0 Å². The predicted molar refractivity (Wildman–Crippen MR) is 97.5 cm³/mol. The molecule has 0 unspecified atom stereocenters. The molecule has 126 valence electrons. The van der Waals surface area contributed by atoms with Crippen molar-refractivity contribution in [2.24, 2.45) is 0 Å². The van der Waals surface area contributed by atoms with Gasteiger partial charge >= 0.3 is 0 Å². The van der Waals surface area contributed by atoms with Crippen LogP contribution in [0.1, 0.15) is 27.0 Å². The summed E-state index contributed by atoms with van der Waals surface area (Å²) in [6.45, 7) is 4.26. The molecular formula is C18H20N2O3S. The minimum Gasteiger partial charge on any atom is -0.351 e. The van der Waals surface area contributed by atoms with Crippen LogP contribution in [0.5, 0.6) is 0 Å². The number of benzene rings is 2. The molecular weight excluding hydrogens is 324 g/mol. The average molecular weight is 344 g/mol. The summed E-state index contributed by atoms with van der Waals surface area (Å²) in [6, 6.07) is 12.8. The summed E-state index contributed by atoms with van der Waals surface area (Å²) in [5.41, 5.74) is 3.39. The third-order valence-electron chi connectivity index (χ3n) is 3.72. The van der Waals surface area contributed by atoms with Crippen LogP contribution in [-0.2, 0) is 5.75 Å². The highest BCUT2D eigenvalue weighted by molar-refractivity contribution is 7.98. The van der Waals surface area contributed by atoms with Crippen molar-refractivity contribution in [3.8, 4) is 0 Å². The topological polar surface area (TPSA) is 72.2 Å². The minimum absolute atomic E-state index is 0.0309. The van der Waals surface area contributed by atoms with Gasteiger partial charge in [0.25, 0.3) is 11.6 Å². The second-order valence-corrected chi connectivity index (χ2v) is 6.60. The Morgan fingerprint density at radius 2 is 1.92 bits per heavy atom. The number of hydrogen-bond acceptors (Lipinski definition) is 4. The van der Waals surface area contributed by atoms with E-state index in [4.69, 9.17) is 0 Å². The van der Waals surface area contributed by atoms with Gasteiger partial charge in [-0.3, -0.25) is 14.9 Å². The fourth-order valence-corrected chi connectivity index (χ4v) is 3.17. The quantitative estimate of drug-likeness (QED) is 0.470. The second-order valence-electron chi connectivity index (χ2n) is 5.49. The van der Waals surface area contributed by atoms with Crippen molar-refractivity contribution in [2.75, 3.05) is 12.3 Å². The van der Waals surface area contributed by atoms with Crippen molar-refractivity contribution in [1.29, 1.82) is 0 Å². The van der Waals surface area contributed by atoms with E-state index in [2.05, 4.69) is 24.4 Å². The lowest BCUT2D eigenvalue weighted by Crippen LogP contribution is -2.25. The van der Waals surface area contributed by atoms with E-state index >= 15 is 0 Å². The van der Waals surface area contributed by atoms with Crippen LogP contribution in [-0.4, -0.2) is 23.1 Å². The van der Waals surface area contributed by atoms with Gasteiger partial charge in [0, 0.05) is 35.2 Å². The number of carbonyl (C=O) groups excluding carboxylic acids is 1. The lowest BCUT2D eigenvalue weighted by atomic mass is 10.1. The maximum atomic E-state index is 12.1. The van der Waals surface area contributed by atoms with E-state index in [1.165, 1.54) is 17.2 Å². The van der Waals surface area contributed by atoms with Crippen LogP contribution in [0.2, 0.25) is 0 Å². The molecule has 0 spiro atoms. The van der Waals surface area contributed by atoms with Crippen LogP contribution in [0.25, 0.3) is 0 Å². The monoisotopic (exact) mass is 344 g/mol. The normalized spacial score (nSPS) is 10.4. The minimum atomic E-state index is -0.468. The van der Waals surface area contributed by atoms with Gasteiger partial charge in [0.05, 0.1) is 4.92 Å². The number of nitro benzene ring substituents is 1. The molecule has 0 saturated heterocycles. The number of nitrogens with one attached hydrogen (secondary N) is 1. The van der Waals surface area contributed by atoms with Crippen molar-refractivity contribution in [3.05, 3.63) is 74.8 Å². The first-order valence-corrected chi connectivity index (χ1v) is 8.80. The molecule has 5 nitrogen and oxygen atoms in total. The zero-order valence-electron chi connectivity index (χ0n) is 13.7. The fraction of sp³-hybridized carbons (Fsp3) is 0.278. The summed E-state index contributed by atoms with van der Waals surface area (Å²) >= 11 is 1.75. The fourth-order valence-electron chi connectivity index (χ4n) is 2.24. The Morgan fingerprint density at radius 1 is 1.17 bits per heavy atom. The van der Waals surface area contributed by atoms with Crippen LogP contribution < -0.4 is 5.32 Å². The van der Waals surface area contributed by atoms with E-state index in [0.717, 1.165) is 11.5 Å². The number of carbonyl (C=O) groups is 1. The molecule has 1 amide bonds. The van der Waals surface area contributed by atoms with E-state index in [1.54, 1.807) is 30.8 Å². The highest BCUT2D eigenvalue weighted by atomic mass is 32.2. The molecule has 0 saturated carbocycles. The summed E-state index contributed by atoms with van der Waals surface area (Å²) in [4.78, 5) is 22.5. The number of nitro groups is 1. The van der Waals surface area contributed by atoms with Crippen molar-refractivity contribution >= 4 is 23.4 Å². The molecule has 0 aromatic heterocycles. The first-order chi connectivity index (χ1) is 11.5.